The minimum atomic E-state index is -0.258. The van der Waals surface area contributed by atoms with Gasteiger partial charge in [0.25, 0.3) is 0 Å². The number of unbranched alkanes of at least 4 members (excludes halogenated alkanes) is 9. The topological polar surface area (TPSA) is 26.3 Å². The number of rotatable bonds is 14. The van der Waals surface area contributed by atoms with Crippen molar-refractivity contribution in [2.24, 2.45) is 0 Å². The largest absolute Gasteiger partial charge is 0.462 e. The molecule has 0 unspecified atom stereocenters. The number of carbonyl (C=O) groups excluding carboxylic acids is 1. The molecular weight excluding hydrogens is 356 g/mol. The first-order valence-electron chi connectivity index (χ1n) is 11.6. The Morgan fingerprint density at radius 1 is 0.655 bits per heavy atom. The van der Waals surface area contributed by atoms with E-state index < -0.39 is 0 Å². The summed E-state index contributed by atoms with van der Waals surface area (Å²) < 4.78 is 5.04. The van der Waals surface area contributed by atoms with Crippen LogP contribution in [0, 0.1) is 0 Å². The van der Waals surface area contributed by atoms with Gasteiger partial charge in [0.15, 0.2) is 0 Å². The normalized spacial score (nSPS) is 10.8. The van der Waals surface area contributed by atoms with Gasteiger partial charge in [-0.1, -0.05) is 101 Å². The van der Waals surface area contributed by atoms with E-state index in [9.17, 15) is 4.79 Å². The molecule has 2 aromatic carbocycles. The van der Waals surface area contributed by atoms with Crippen LogP contribution in [0.2, 0.25) is 0 Å². The molecule has 0 aromatic heterocycles. The molecule has 2 rings (SSSR count). The predicted molar refractivity (Wildman–Crippen MR) is 123 cm³/mol. The minimum absolute atomic E-state index is 0.258. The Labute approximate surface area is 177 Å². The lowest BCUT2D eigenvalue weighted by Crippen LogP contribution is -2.03. The second kappa shape index (κ2) is 14.0. The molecule has 2 nitrogen and oxygen atoms in total. The van der Waals surface area contributed by atoms with Crippen LogP contribution in [0.5, 0.6) is 0 Å². The number of hydrogen-bond acceptors (Lipinski definition) is 2. The molecular formula is C27H38O2. The van der Waals surface area contributed by atoms with Crippen LogP contribution in [0.15, 0.2) is 48.5 Å². The third-order valence-electron chi connectivity index (χ3n) is 5.50. The first-order valence-corrected chi connectivity index (χ1v) is 11.6. The second-order valence-electron chi connectivity index (χ2n) is 7.93. The van der Waals surface area contributed by atoms with Crippen molar-refractivity contribution in [3.05, 3.63) is 59.7 Å². The van der Waals surface area contributed by atoms with Crippen molar-refractivity contribution in [1.29, 1.82) is 0 Å². The molecule has 0 radical (unpaired) electrons. The summed E-state index contributed by atoms with van der Waals surface area (Å²) in [5.74, 6) is -0.258. The number of carbonyl (C=O) groups is 1. The molecule has 29 heavy (non-hydrogen) atoms. The van der Waals surface area contributed by atoms with Crippen LogP contribution in [0.4, 0.5) is 0 Å². The fourth-order valence-electron chi connectivity index (χ4n) is 3.69. The second-order valence-corrected chi connectivity index (χ2v) is 7.93. The van der Waals surface area contributed by atoms with Crippen molar-refractivity contribution in [3.8, 4) is 11.1 Å². The summed E-state index contributed by atoms with van der Waals surface area (Å²) in [4.78, 5) is 11.8. The van der Waals surface area contributed by atoms with Crippen molar-refractivity contribution in [1.82, 2.24) is 0 Å². The Morgan fingerprint density at radius 2 is 1.14 bits per heavy atom. The summed E-state index contributed by atoms with van der Waals surface area (Å²) in [7, 11) is 0. The SMILES string of the molecule is CCCCCCCCCCCCc1ccc(-c2ccc(C(=O)OCC)cc2)cc1. The van der Waals surface area contributed by atoms with Gasteiger partial charge in [-0.25, -0.2) is 4.79 Å². The lowest BCUT2D eigenvalue weighted by atomic mass is 10.00. The Morgan fingerprint density at radius 3 is 1.66 bits per heavy atom. The fourth-order valence-corrected chi connectivity index (χ4v) is 3.69. The van der Waals surface area contributed by atoms with E-state index >= 15 is 0 Å². The number of esters is 1. The standard InChI is InChI=1S/C27H38O2/c1-3-5-6-7-8-9-10-11-12-13-14-23-15-17-24(18-16-23)25-19-21-26(22-20-25)27(28)29-4-2/h15-22H,3-14H2,1-2H3. The minimum Gasteiger partial charge on any atom is -0.462 e. The molecule has 0 saturated carbocycles. The van der Waals surface area contributed by atoms with Crippen LogP contribution in [0.1, 0.15) is 94.0 Å². The van der Waals surface area contributed by atoms with Crippen LogP contribution in [0.3, 0.4) is 0 Å². The molecule has 2 aromatic rings. The van der Waals surface area contributed by atoms with Gasteiger partial charge in [0.2, 0.25) is 0 Å². The molecule has 158 valence electrons. The van der Waals surface area contributed by atoms with Crippen LogP contribution >= 0.6 is 0 Å². The molecule has 0 aliphatic heterocycles. The van der Waals surface area contributed by atoms with Gasteiger partial charge in [-0.2, -0.15) is 0 Å². The maximum absolute atomic E-state index is 11.8. The summed E-state index contributed by atoms with van der Waals surface area (Å²) in [6.07, 6.45) is 15.0. The Hall–Kier alpha value is -2.09. The molecule has 0 bridgehead atoms. The Balaban J connectivity index is 1.66. The molecule has 0 spiro atoms. The van der Waals surface area contributed by atoms with Gasteiger partial charge in [0.05, 0.1) is 12.2 Å². The molecule has 0 atom stereocenters. The molecule has 2 heteroatoms. The lowest BCUT2D eigenvalue weighted by Gasteiger charge is -2.07. The highest BCUT2D eigenvalue weighted by molar-refractivity contribution is 5.90. The van der Waals surface area contributed by atoms with Gasteiger partial charge >= 0.3 is 5.97 Å². The number of ether oxygens (including phenoxy) is 1. The summed E-state index contributed by atoms with van der Waals surface area (Å²) in [5.41, 5.74) is 4.33. The van der Waals surface area contributed by atoms with Crippen molar-refractivity contribution in [2.75, 3.05) is 6.61 Å². The van der Waals surface area contributed by atoms with Crippen LogP contribution in [-0.2, 0) is 11.2 Å². The van der Waals surface area contributed by atoms with Gasteiger partial charge < -0.3 is 4.74 Å². The number of aryl methyl sites for hydroxylation is 1. The molecule has 0 aliphatic rings. The average molecular weight is 395 g/mol. The van der Waals surface area contributed by atoms with E-state index in [-0.39, 0.29) is 5.97 Å². The van der Waals surface area contributed by atoms with E-state index in [1.807, 2.05) is 31.2 Å². The first-order chi connectivity index (χ1) is 14.2. The van der Waals surface area contributed by atoms with E-state index in [4.69, 9.17) is 4.74 Å². The zero-order valence-corrected chi connectivity index (χ0v) is 18.4. The smallest absolute Gasteiger partial charge is 0.338 e. The Bertz CT molecular complexity index is 685. The van der Waals surface area contributed by atoms with Crippen LogP contribution in [-0.4, -0.2) is 12.6 Å². The molecule has 0 heterocycles. The highest BCUT2D eigenvalue weighted by atomic mass is 16.5. The van der Waals surface area contributed by atoms with Crippen molar-refractivity contribution < 1.29 is 9.53 Å². The predicted octanol–water partition coefficient (Wildman–Crippen LogP) is 7.99. The van der Waals surface area contributed by atoms with Crippen molar-refractivity contribution in [2.45, 2.75) is 84.5 Å². The van der Waals surface area contributed by atoms with E-state index in [1.54, 1.807) is 0 Å². The summed E-state index contributed by atoms with van der Waals surface area (Å²) in [5, 5.41) is 0. The molecule has 0 saturated heterocycles. The fraction of sp³-hybridized carbons (Fsp3) is 0.519. The van der Waals surface area contributed by atoms with Gasteiger partial charge in [-0.05, 0) is 48.6 Å². The zero-order valence-electron chi connectivity index (χ0n) is 18.4. The van der Waals surface area contributed by atoms with Gasteiger partial charge in [0.1, 0.15) is 0 Å². The molecule has 0 N–H and O–H groups in total. The quantitative estimate of drug-likeness (QED) is 0.240. The van der Waals surface area contributed by atoms with E-state index in [1.165, 1.54) is 81.8 Å². The first kappa shape index (κ1) is 23.2. The van der Waals surface area contributed by atoms with Gasteiger partial charge in [-0.15, -0.1) is 0 Å². The van der Waals surface area contributed by atoms with Crippen LogP contribution in [0.25, 0.3) is 11.1 Å². The third kappa shape index (κ3) is 8.85. The monoisotopic (exact) mass is 394 g/mol. The molecule has 0 aliphatic carbocycles. The summed E-state index contributed by atoms with van der Waals surface area (Å²) in [6.45, 7) is 4.50. The lowest BCUT2D eigenvalue weighted by molar-refractivity contribution is 0.0526. The highest BCUT2D eigenvalue weighted by Gasteiger charge is 2.06. The van der Waals surface area contributed by atoms with Crippen LogP contribution < -0.4 is 0 Å². The number of benzene rings is 2. The highest BCUT2D eigenvalue weighted by Crippen LogP contribution is 2.21. The van der Waals surface area contributed by atoms with E-state index in [0.29, 0.717) is 12.2 Å². The van der Waals surface area contributed by atoms with Gasteiger partial charge in [0, 0.05) is 0 Å². The van der Waals surface area contributed by atoms with E-state index in [2.05, 4.69) is 31.2 Å². The van der Waals surface area contributed by atoms with Gasteiger partial charge in [-0.3, -0.25) is 0 Å². The Kier molecular flexibility index (Phi) is 11.2. The maximum Gasteiger partial charge on any atom is 0.338 e. The van der Waals surface area contributed by atoms with Crippen molar-refractivity contribution in [3.63, 3.8) is 0 Å². The average Bonchev–Trinajstić information content (AvgIpc) is 2.76. The van der Waals surface area contributed by atoms with E-state index in [0.717, 1.165) is 5.56 Å². The summed E-state index contributed by atoms with van der Waals surface area (Å²) >= 11 is 0. The van der Waals surface area contributed by atoms with Crippen molar-refractivity contribution >= 4 is 5.97 Å². The number of hydrogen-bond donors (Lipinski definition) is 0. The third-order valence-corrected chi connectivity index (χ3v) is 5.50. The molecule has 0 amide bonds. The maximum atomic E-state index is 11.8. The zero-order chi connectivity index (χ0) is 20.7. The summed E-state index contributed by atoms with van der Waals surface area (Å²) in [6, 6.07) is 16.5. The molecule has 0 fully saturated rings.